The molecule has 0 amide bonds. The molecule has 0 unspecified atom stereocenters. The molecule has 24 heavy (non-hydrogen) atoms. The van der Waals surface area contributed by atoms with Crippen LogP contribution in [0.15, 0.2) is 54.3 Å². The van der Waals surface area contributed by atoms with Crippen LogP contribution in [-0.2, 0) is 16.1 Å². The molecule has 0 heterocycles. The zero-order valence-electron chi connectivity index (χ0n) is 13.7. The molecule has 0 bridgehead atoms. The van der Waals surface area contributed by atoms with Gasteiger partial charge in [-0.3, -0.25) is 0 Å². The molecule has 2 aromatic carbocycles. The van der Waals surface area contributed by atoms with Crippen LogP contribution in [-0.4, -0.2) is 24.8 Å². The van der Waals surface area contributed by atoms with Gasteiger partial charge in [-0.1, -0.05) is 36.4 Å². The summed E-state index contributed by atoms with van der Waals surface area (Å²) in [5.74, 6) is -0.108. The first-order valence-electron chi connectivity index (χ1n) is 7.56. The molecule has 2 aromatic rings. The Labute approximate surface area is 141 Å². The lowest BCUT2D eigenvalue weighted by molar-refractivity contribution is -0.136. The standard InChI is InChI=1S/C19H20O5/c1-3-23-18(19(20)21)12-15-9-10-16(22-2)17(11-15)24-13-14-7-5-4-6-8-14/h4-12H,3,13H2,1-2H3,(H,20,21). The maximum absolute atomic E-state index is 11.2. The number of hydrogen-bond acceptors (Lipinski definition) is 4. The van der Waals surface area contributed by atoms with Crippen LogP contribution in [0.25, 0.3) is 6.08 Å². The van der Waals surface area contributed by atoms with Gasteiger partial charge in [-0.15, -0.1) is 0 Å². The third-order valence-corrected chi connectivity index (χ3v) is 3.23. The number of rotatable bonds is 8. The van der Waals surface area contributed by atoms with Crippen LogP contribution < -0.4 is 9.47 Å². The van der Waals surface area contributed by atoms with Gasteiger partial charge in [0.1, 0.15) is 6.61 Å². The molecule has 1 N–H and O–H groups in total. The molecule has 0 aliphatic heterocycles. The lowest BCUT2D eigenvalue weighted by Gasteiger charge is -2.12. The van der Waals surface area contributed by atoms with E-state index in [2.05, 4.69) is 0 Å². The second-order valence-corrected chi connectivity index (χ2v) is 4.93. The van der Waals surface area contributed by atoms with Crippen molar-refractivity contribution in [2.24, 2.45) is 0 Å². The monoisotopic (exact) mass is 328 g/mol. The van der Waals surface area contributed by atoms with Gasteiger partial charge in [0.15, 0.2) is 11.5 Å². The minimum absolute atomic E-state index is 0.114. The van der Waals surface area contributed by atoms with E-state index < -0.39 is 5.97 Å². The molecule has 0 spiro atoms. The van der Waals surface area contributed by atoms with Crippen molar-refractivity contribution in [3.05, 3.63) is 65.4 Å². The average Bonchev–Trinajstić information content (AvgIpc) is 2.60. The highest BCUT2D eigenvalue weighted by Gasteiger charge is 2.10. The zero-order chi connectivity index (χ0) is 17.4. The van der Waals surface area contributed by atoms with Crippen LogP contribution in [0.1, 0.15) is 18.1 Å². The Kier molecular flexibility index (Phi) is 6.25. The Balaban J connectivity index is 2.23. The molecule has 0 saturated carbocycles. The van der Waals surface area contributed by atoms with Gasteiger partial charge in [-0.05, 0) is 36.3 Å². The predicted octanol–water partition coefficient (Wildman–Crippen LogP) is 3.74. The smallest absolute Gasteiger partial charge is 0.371 e. The molecule has 0 aromatic heterocycles. The summed E-state index contributed by atoms with van der Waals surface area (Å²) in [5.41, 5.74) is 1.69. The second-order valence-electron chi connectivity index (χ2n) is 4.93. The fourth-order valence-corrected chi connectivity index (χ4v) is 2.10. The van der Waals surface area contributed by atoms with Gasteiger partial charge in [0.05, 0.1) is 13.7 Å². The highest BCUT2D eigenvalue weighted by Crippen LogP contribution is 2.29. The molecule has 5 heteroatoms. The van der Waals surface area contributed by atoms with Gasteiger partial charge in [-0.2, -0.15) is 0 Å². The molecular formula is C19H20O5. The van der Waals surface area contributed by atoms with Gasteiger partial charge in [0, 0.05) is 0 Å². The van der Waals surface area contributed by atoms with Crippen molar-refractivity contribution in [1.82, 2.24) is 0 Å². The summed E-state index contributed by atoms with van der Waals surface area (Å²) in [6.07, 6.45) is 1.46. The quantitative estimate of drug-likeness (QED) is 0.591. The van der Waals surface area contributed by atoms with E-state index in [1.807, 2.05) is 30.3 Å². The van der Waals surface area contributed by atoms with Crippen LogP contribution in [0.5, 0.6) is 11.5 Å². The van der Waals surface area contributed by atoms with Crippen LogP contribution in [0.2, 0.25) is 0 Å². The molecule has 0 radical (unpaired) electrons. The largest absolute Gasteiger partial charge is 0.493 e. The maximum Gasteiger partial charge on any atom is 0.371 e. The second kappa shape index (κ2) is 8.62. The van der Waals surface area contributed by atoms with Gasteiger partial charge in [0.25, 0.3) is 0 Å². The molecule has 0 atom stereocenters. The van der Waals surface area contributed by atoms with E-state index in [0.717, 1.165) is 5.56 Å². The molecular weight excluding hydrogens is 308 g/mol. The summed E-state index contributed by atoms with van der Waals surface area (Å²) in [6, 6.07) is 15.0. The van der Waals surface area contributed by atoms with E-state index in [1.54, 1.807) is 32.2 Å². The Morgan fingerprint density at radius 3 is 2.50 bits per heavy atom. The summed E-state index contributed by atoms with van der Waals surface area (Å²) in [6.45, 7) is 2.41. The fourth-order valence-electron chi connectivity index (χ4n) is 2.10. The summed E-state index contributed by atoms with van der Waals surface area (Å²) < 4.78 is 16.2. The van der Waals surface area contributed by atoms with E-state index in [4.69, 9.17) is 19.3 Å². The molecule has 0 aliphatic rings. The van der Waals surface area contributed by atoms with Crippen molar-refractivity contribution in [3.8, 4) is 11.5 Å². The van der Waals surface area contributed by atoms with E-state index in [0.29, 0.717) is 23.7 Å². The van der Waals surface area contributed by atoms with Gasteiger partial charge >= 0.3 is 5.97 Å². The van der Waals surface area contributed by atoms with Crippen molar-refractivity contribution in [1.29, 1.82) is 0 Å². The number of carboxylic acid groups (broad SMARTS) is 1. The van der Waals surface area contributed by atoms with Crippen LogP contribution in [0.3, 0.4) is 0 Å². The fraction of sp³-hybridized carbons (Fsp3) is 0.211. The number of aliphatic carboxylic acids is 1. The summed E-state index contributed by atoms with van der Waals surface area (Å²) in [7, 11) is 1.56. The van der Waals surface area contributed by atoms with Gasteiger partial charge in [-0.25, -0.2) is 4.79 Å². The predicted molar refractivity (Wildman–Crippen MR) is 91.0 cm³/mol. The number of ether oxygens (including phenoxy) is 3. The number of carbonyl (C=O) groups is 1. The Bertz CT molecular complexity index is 707. The normalized spacial score (nSPS) is 11.0. The Morgan fingerprint density at radius 1 is 1.12 bits per heavy atom. The molecule has 5 nitrogen and oxygen atoms in total. The lowest BCUT2D eigenvalue weighted by Crippen LogP contribution is -2.04. The summed E-state index contributed by atoms with van der Waals surface area (Å²) >= 11 is 0. The maximum atomic E-state index is 11.2. The zero-order valence-corrected chi connectivity index (χ0v) is 13.7. The minimum Gasteiger partial charge on any atom is -0.493 e. The van der Waals surface area contributed by atoms with Crippen molar-refractivity contribution in [3.63, 3.8) is 0 Å². The first kappa shape index (κ1) is 17.4. The van der Waals surface area contributed by atoms with E-state index in [1.165, 1.54) is 6.08 Å². The van der Waals surface area contributed by atoms with Crippen molar-refractivity contribution in [2.75, 3.05) is 13.7 Å². The summed E-state index contributed by atoms with van der Waals surface area (Å²) in [5, 5.41) is 9.14. The Morgan fingerprint density at radius 2 is 1.88 bits per heavy atom. The SMILES string of the molecule is CCOC(=Cc1ccc(OC)c(OCc2ccccc2)c1)C(=O)O. The van der Waals surface area contributed by atoms with E-state index in [-0.39, 0.29) is 12.4 Å². The van der Waals surface area contributed by atoms with Crippen molar-refractivity contribution >= 4 is 12.0 Å². The van der Waals surface area contributed by atoms with Crippen LogP contribution in [0.4, 0.5) is 0 Å². The topological polar surface area (TPSA) is 65.0 Å². The number of carboxylic acids is 1. The molecule has 2 rings (SSSR count). The van der Waals surface area contributed by atoms with Crippen molar-refractivity contribution in [2.45, 2.75) is 13.5 Å². The first-order valence-corrected chi connectivity index (χ1v) is 7.56. The third-order valence-electron chi connectivity index (χ3n) is 3.23. The molecule has 0 saturated heterocycles. The highest BCUT2D eigenvalue weighted by molar-refractivity contribution is 5.90. The number of benzene rings is 2. The molecule has 0 fully saturated rings. The number of hydrogen-bond donors (Lipinski definition) is 1. The number of methoxy groups -OCH3 is 1. The minimum atomic E-state index is -1.11. The van der Waals surface area contributed by atoms with Crippen LogP contribution in [0, 0.1) is 0 Å². The Hall–Kier alpha value is -2.95. The van der Waals surface area contributed by atoms with Gasteiger partial charge in [0.2, 0.25) is 5.76 Å². The summed E-state index contributed by atoms with van der Waals surface area (Å²) in [4.78, 5) is 11.2. The molecule has 0 aliphatic carbocycles. The highest BCUT2D eigenvalue weighted by atomic mass is 16.5. The van der Waals surface area contributed by atoms with Crippen molar-refractivity contribution < 1.29 is 24.1 Å². The third kappa shape index (κ3) is 4.78. The van der Waals surface area contributed by atoms with Crippen LogP contribution >= 0.6 is 0 Å². The van der Waals surface area contributed by atoms with Gasteiger partial charge < -0.3 is 19.3 Å². The lowest BCUT2D eigenvalue weighted by atomic mass is 10.1. The molecule has 126 valence electrons. The van der Waals surface area contributed by atoms with E-state index in [9.17, 15) is 4.79 Å². The average molecular weight is 328 g/mol. The van der Waals surface area contributed by atoms with E-state index >= 15 is 0 Å². The first-order chi connectivity index (χ1) is 11.6.